The van der Waals surface area contributed by atoms with Gasteiger partial charge in [0, 0.05) is 12.1 Å². The molecule has 0 saturated heterocycles. The van der Waals surface area contributed by atoms with Gasteiger partial charge in [0.25, 0.3) is 5.91 Å². The Kier molecular flexibility index (Phi) is 5.85. The molecule has 0 aliphatic carbocycles. The van der Waals surface area contributed by atoms with Crippen LogP contribution in [0, 0.1) is 5.92 Å². The molecule has 5 nitrogen and oxygen atoms in total. The van der Waals surface area contributed by atoms with E-state index in [0.29, 0.717) is 23.8 Å². The first-order chi connectivity index (χ1) is 8.97. The van der Waals surface area contributed by atoms with Gasteiger partial charge in [-0.05, 0) is 36.6 Å². The van der Waals surface area contributed by atoms with Crippen molar-refractivity contribution in [2.75, 3.05) is 11.9 Å². The summed E-state index contributed by atoms with van der Waals surface area (Å²) in [5.74, 6) is 0.528. The van der Waals surface area contributed by atoms with Crippen LogP contribution in [0.25, 0.3) is 0 Å². The van der Waals surface area contributed by atoms with Gasteiger partial charge in [0.1, 0.15) is 5.75 Å². The summed E-state index contributed by atoms with van der Waals surface area (Å²) >= 11 is 0. The van der Waals surface area contributed by atoms with E-state index in [1.165, 1.54) is 0 Å². The molecule has 0 radical (unpaired) electrons. The van der Waals surface area contributed by atoms with Crippen molar-refractivity contribution in [3.05, 3.63) is 24.3 Å². The first-order valence-corrected chi connectivity index (χ1v) is 6.28. The highest BCUT2D eigenvalue weighted by atomic mass is 16.5. The number of hydrogen-bond donors (Lipinski definition) is 2. The Hall–Kier alpha value is -2.04. The molecule has 0 aliphatic heterocycles. The van der Waals surface area contributed by atoms with Gasteiger partial charge >= 0.3 is 0 Å². The van der Waals surface area contributed by atoms with E-state index in [0.717, 1.165) is 6.42 Å². The molecule has 0 saturated carbocycles. The number of hydrogen-bond acceptors (Lipinski definition) is 3. The molecule has 0 aliphatic rings. The molecule has 0 atom stereocenters. The van der Waals surface area contributed by atoms with Gasteiger partial charge in [-0.3, -0.25) is 9.59 Å². The number of anilines is 1. The van der Waals surface area contributed by atoms with Crippen molar-refractivity contribution in [1.82, 2.24) is 0 Å². The van der Waals surface area contributed by atoms with Crippen LogP contribution in [0.1, 0.15) is 26.7 Å². The summed E-state index contributed by atoms with van der Waals surface area (Å²) in [6, 6.07) is 6.81. The maximum atomic E-state index is 11.6. The van der Waals surface area contributed by atoms with E-state index in [4.69, 9.17) is 10.5 Å². The van der Waals surface area contributed by atoms with Gasteiger partial charge in [-0.25, -0.2) is 0 Å². The molecular formula is C14H20N2O3. The number of carbonyl (C=O) groups is 2. The van der Waals surface area contributed by atoms with Crippen molar-refractivity contribution in [2.24, 2.45) is 11.7 Å². The molecule has 3 N–H and O–H groups in total. The lowest BCUT2D eigenvalue weighted by Gasteiger charge is -2.08. The summed E-state index contributed by atoms with van der Waals surface area (Å²) in [5.41, 5.74) is 5.68. The van der Waals surface area contributed by atoms with Crippen molar-refractivity contribution in [3.8, 4) is 5.75 Å². The second kappa shape index (κ2) is 7.41. The third-order valence-electron chi connectivity index (χ3n) is 2.47. The van der Waals surface area contributed by atoms with Crippen LogP contribution in [0.4, 0.5) is 5.69 Å². The van der Waals surface area contributed by atoms with Crippen LogP contribution in [-0.2, 0) is 9.59 Å². The molecule has 2 amide bonds. The predicted octanol–water partition coefficient (Wildman–Crippen LogP) is 1.93. The Labute approximate surface area is 113 Å². The number of ether oxygens (including phenoxy) is 1. The summed E-state index contributed by atoms with van der Waals surface area (Å²) in [6.07, 6.45) is 1.38. The Morgan fingerprint density at radius 1 is 1.26 bits per heavy atom. The quantitative estimate of drug-likeness (QED) is 0.789. The van der Waals surface area contributed by atoms with Gasteiger partial charge in [0.15, 0.2) is 6.61 Å². The van der Waals surface area contributed by atoms with E-state index in [1.807, 2.05) is 0 Å². The minimum Gasteiger partial charge on any atom is -0.484 e. The molecule has 0 heterocycles. The Balaban J connectivity index is 2.43. The van der Waals surface area contributed by atoms with Crippen molar-refractivity contribution in [1.29, 1.82) is 0 Å². The van der Waals surface area contributed by atoms with Crippen LogP contribution in [0.3, 0.4) is 0 Å². The highest BCUT2D eigenvalue weighted by molar-refractivity contribution is 5.90. The van der Waals surface area contributed by atoms with Crippen molar-refractivity contribution in [3.63, 3.8) is 0 Å². The lowest BCUT2D eigenvalue weighted by molar-refractivity contribution is -0.120. The van der Waals surface area contributed by atoms with Crippen LogP contribution in [0.5, 0.6) is 5.75 Å². The molecule has 1 aromatic rings. The SMILES string of the molecule is CC(C)CCC(=O)Nc1ccc(OCC(N)=O)cc1. The first kappa shape index (κ1) is 15.0. The Morgan fingerprint density at radius 3 is 2.42 bits per heavy atom. The molecule has 0 bridgehead atoms. The standard InChI is InChI=1S/C14H20N2O3/c1-10(2)3-8-14(18)16-11-4-6-12(7-5-11)19-9-13(15)17/h4-7,10H,3,8-9H2,1-2H3,(H2,15,17)(H,16,18). The predicted molar refractivity (Wildman–Crippen MR) is 73.8 cm³/mol. The lowest BCUT2D eigenvalue weighted by Crippen LogP contribution is -2.20. The van der Waals surface area contributed by atoms with Crippen LogP contribution in [-0.4, -0.2) is 18.4 Å². The smallest absolute Gasteiger partial charge is 0.255 e. The number of nitrogens with two attached hydrogens (primary N) is 1. The summed E-state index contributed by atoms with van der Waals surface area (Å²) in [6.45, 7) is 4.01. The first-order valence-electron chi connectivity index (χ1n) is 6.28. The Morgan fingerprint density at radius 2 is 1.89 bits per heavy atom. The maximum absolute atomic E-state index is 11.6. The van der Waals surface area contributed by atoms with E-state index < -0.39 is 5.91 Å². The normalized spacial score (nSPS) is 10.3. The van der Waals surface area contributed by atoms with Gasteiger partial charge in [-0.2, -0.15) is 0 Å². The van der Waals surface area contributed by atoms with E-state index >= 15 is 0 Å². The number of nitrogens with one attached hydrogen (secondary N) is 1. The largest absolute Gasteiger partial charge is 0.484 e. The highest BCUT2D eigenvalue weighted by Crippen LogP contribution is 2.16. The topological polar surface area (TPSA) is 81.4 Å². The Bertz CT molecular complexity index is 427. The van der Waals surface area contributed by atoms with E-state index in [-0.39, 0.29) is 12.5 Å². The zero-order valence-corrected chi connectivity index (χ0v) is 11.3. The number of carbonyl (C=O) groups excluding carboxylic acids is 2. The van der Waals surface area contributed by atoms with Crippen molar-refractivity contribution in [2.45, 2.75) is 26.7 Å². The molecule has 0 unspecified atom stereocenters. The molecular weight excluding hydrogens is 244 g/mol. The minimum absolute atomic E-state index is 0.000459. The molecule has 0 aromatic heterocycles. The minimum atomic E-state index is -0.522. The van der Waals surface area contributed by atoms with Gasteiger partial charge in [-0.15, -0.1) is 0 Å². The zero-order chi connectivity index (χ0) is 14.3. The summed E-state index contributed by atoms with van der Waals surface area (Å²) in [5, 5.41) is 2.80. The van der Waals surface area contributed by atoms with Crippen LogP contribution >= 0.6 is 0 Å². The summed E-state index contributed by atoms with van der Waals surface area (Å²) < 4.78 is 5.12. The number of benzene rings is 1. The number of rotatable bonds is 7. The van der Waals surface area contributed by atoms with Gasteiger partial charge < -0.3 is 15.8 Å². The average Bonchev–Trinajstić information content (AvgIpc) is 2.35. The van der Waals surface area contributed by atoms with Crippen molar-refractivity contribution >= 4 is 17.5 Å². The van der Waals surface area contributed by atoms with Crippen molar-refractivity contribution < 1.29 is 14.3 Å². The monoisotopic (exact) mass is 264 g/mol. The van der Waals surface area contributed by atoms with Gasteiger partial charge in [-0.1, -0.05) is 13.8 Å². The van der Waals surface area contributed by atoms with E-state index in [2.05, 4.69) is 19.2 Å². The molecule has 19 heavy (non-hydrogen) atoms. The third kappa shape index (κ3) is 6.45. The highest BCUT2D eigenvalue weighted by Gasteiger charge is 2.04. The fourth-order valence-corrected chi connectivity index (χ4v) is 1.43. The van der Waals surface area contributed by atoms with Gasteiger partial charge in [0.05, 0.1) is 0 Å². The fourth-order valence-electron chi connectivity index (χ4n) is 1.43. The maximum Gasteiger partial charge on any atom is 0.255 e. The molecule has 1 aromatic carbocycles. The van der Waals surface area contributed by atoms with Gasteiger partial charge in [0.2, 0.25) is 5.91 Å². The fraction of sp³-hybridized carbons (Fsp3) is 0.429. The molecule has 0 spiro atoms. The molecule has 104 valence electrons. The second-order valence-corrected chi connectivity index (χ2v) is 4.76. The number of amides is 2. The molecule has 0 fully saturated rings. The molecule has 5 heteroatoms. The molecule has 1 rings (SSSR count). The zero-order valence-electron chi connectivity index (χ0n) is 11.3. The lowest BCUT2D eigenvalue weighted by atomic mass is 10.1. The van der Waals surface area contributed by atoms with Crippen LogP contribution < -0.4 is 15.8 Å². The van der Waals surface area contributed by atoms with Crippen LogP contribution in [0.15, 0.2) is 24.3 Å². The summed E-state index contributed by atoms with van der Waals surface area (Å²) in [4.78, 5) is 22.2. The van der Waals surface area contributed by atoms with Crippen LogP contribution in [0.2, 0.25) is 0 Å². The van der Waals surface area contributed by atoms with E-state index in [1.54, 1.807) is 24.3 Å². The average molecular weight is 264 g/mol. The third-order valence-corrected chi connectivity index (χ3v) is 2.47. The number of primary amides is 1. The summed E-state index contributed by atoms with van der Waals surface area (Å²) in [7, 11) is 0. The van der Waals surface area contributed by atoms with E-state index in [9.17, 15) is 9.59 Å². The second-order valence-electron chi connectivity index (χ2n) is 4.76.